The second-order valence-electron chi connectivity index (χ2n) is 3.85. The fraction of sp³-hybridized carbons (Fsp3) is 0.500. The fourth-order valence-corrected chi connectivity index (χ4v) is 1.90. The predicted octanol–water partition coefficient (Wildman–Crippen LogP) is 1.79. The summed E-state index contributed by atoms with van der Waals surface area (Å²) in [7, 11) is 0. The molecule has 2 rings (SSSR count). The molecule has 1 fully saturated rings. The SMILES string of the molecule is CCOC(=O)C1OC1(CC)c1ccc(F)cn1. The monoisotopic (exact) mass is 239 g/mol. The molecule has 1 saturated heterocycles. The lowest BCUT2D eigenvalue weighted by Gasteiger charge is -2.09. The van der Waals surface area contributed by atoms with Gasteiger partial charge in [-0.25, -0.2) is 9.18 Å². The summed E-state index contributed by atoms with van der Waals surface area (Å²) in [6.07, 6.45) is 1.09. The molecule has 0 radical (unpaired) electrons. The number of hydrogen-bond donors (Lipinski definition) is 0. The number of esters is 1. The molecule has 4 nitrogen and oxygen atoms in total. The third kappa shape index (κ3) is 2.02. The molecule has 1 aliphatic heterocycles. The van der Waals surface area contributed by atoms with E-state index in [9.17, 15) is 9.18 Å². The Morgan fingerprint density at radius 1 is 1.59 bits per heavy atom. The maximum absolute atomic E-state index is 12.8. The number of carbonyl (C=O) groups excluding carboxylic acids is 1. The highest BCUT2D eigenvalue weighted by Crippen LogP contribution is 2.48. The summed E-state index contributed by atoms with van der Waals surface area (Å²) in [5.41, 5.74) is -0.167. The van der Waals surface area contributed by atoms with Crippen LogP contribution in [0.3, 0.4) is 0 Å². The number of rotatable bonds is 4. The van der Waals surface area contributed by atoms with Crippen molar-refractivity contribution in [2.24, 2.45) is 0 Å². The van der Waals surface area contributed by atoms with Gasteiger partial charge in [-0.3, -0.25) is 4.98 Å². The molecule has 1 aliphatic rings. The fourth-order valence-electron chi connectivity index (χ4n) is 1.90. The molecule has 0 aliphatic carbocycles. The van der Waals surface area contributed by atoms with Crippen molar-refractivity contribution >= 4 is 5.97 Å². The van der Waals surface area contributed by atoms with E-state index in [4.69, 9.17) is 9.47 Å². The van der Waals surface area contributed by atoms with Gasteiger partial charge in [0.15, 0.2) is 6.10 Å². The number of pyridine rings is 1. The molecule has 2 heterocycles. The van der Waals surface area contributed by atoms with E-state index < -0.39 is 17.5 Å². The van der Waals surface area contributed by atoms with E-state index in [0.29, 0.717) is 18.7 Å². The topological polar surface area (TPSA) is 51.7 Å². The van der Waals surface area contributed by atoms with E-state index in [2.05, 4.69) is 4.98 Å². The van der Waals surface area contributed by atoms with Gasteiger partial charge in [0.2, 0.25) is 0 Å². The van der Waals surface area contributed by atoms with E-state index in [0.717, 1.165) is 6.20 Å². The van der Waals surface area contributed by atoms with Crippen molar-refractivity contribution in [1.29, 1.82) is 0 Å². The van der Waals surface area contributed by atoms with Crippen molar-refractivity contribution in [3.8, 4) is 0 Å². The lowest BCUT2D eigenvalue weighted by atomic mass is 9.97. The van der Waals surface area contributed by atoms with Crippen LogP contribution >= 0.6 is 0 Å². The molecule has 1 aromatic rings. The minimum atomic E-state index is -0.736. The molecule has 5 heteroatoms. The van der Waals surface area contributed by atoms with Crippen LogP contribution < -0.4 is 0 Å². The van der Waals surface area contributed by atoms with Crippen molar-refractivity contribution in [2.75, 3.05) is 6.61 Å². The van der Waals surface area contributed by atoms with E-state index in [1.807, 2.05) is 6.92 Å². The van der Waals surface area contributed by atoms with Gasteiger partial charge in [0.1, 0.15) is 11.4 Å². The third-order valence-electron chi connectivity index (χ3n) is 2.88. The maximum Gasteiger partial charge on any atom is 0.338 e. The number of carbonyl (C=O) groups is 1. The second-order valence-corrected chi connectivity index (χ2v) is 3.85. The number of ether oxygens (including phenoxy) is 2. The predicted molar refractivity (Wildman–Crippen MR) is 57.7 cm³/mol. The van der Waals surface area contributed by atoms with Crippen LogP contribution in [0.25, 0.3) is 0 Å². The van der Waals surface area contributed by atoms with Gasteiger partial charge in [0.05, 0.1) is 18.5 Å². The van der Waals surface area contributed by atoms with E-state index in [1.54, 1.807) is 6.92 Å². The van der Waals surface area contributed by atoms with Crippen LogP contribution in [0.15, 0.2) is 18.3 Å². The van der Waals surface area contributed by atoms with Crippen LogP contribution in [-0.4, -0.2) is 23.7 Å². The molecule has 0 bridgehead atoms. The van der Waals surface area contributed by atoms with Crippen molar-refractivity contribution in [3.05, 3.63) is 29.8 Å². The highest BCUT2D eigenvalue weighted by atomic mass is 19.1. The quantitative estimate of drug-likeness (QED) is 0.593. The Bertz CT molecular complexity index is 420. The number of halogens is 1. The smallest absolute Gasteiger partial charge is 0.338 e. The largest absolute Gasteiger partial charge is 0.464 e. The van der Waals surface area contributed by atoms with Gasteiger partial charge in [-0.2, -0.15) is 0 Å². The standard InChI is InChI=1S/C12H14FNO3/c1-3-12(9-6-5-8(13)7-14-9)10(17-12)11(15)16-4-2/h5-7,10H,3-4H2,1-2H3. The van der Waals surface area contributed by atoms with Crippen LogP contribution in [0.5, 0.6) is 0 Å². The normalized spacial score (nSPS) is 26.6. The van der Waals surface area contributed by atoms with Crippen LogP contribution in [0, 0.1) is 5.82 Å². The summed E-state index contributed by atoms with van der Waals surface area (Å²) in [6.45, 7) is 3.95. The first-order chi connectivity index (χ1) is 8.14. The number of hydrogen-bond acceptors (Lipinski definition) is 4. The summed E-state index contributed by atoms with van der Waals surface area (Å²) in [6, 6.07) is 2.85. The molecule has 0 amide bonds. The molecule has 0 saturated carbocycles. The average molecular weight is 239 g/mol. The molecule has 0 N–H and O–H groups in total. The molecule has 17 heavy (non-hydrogen) atoms. The van der Waals surface area contributed by atoms with Gasteiger partial charge in [0, 0.05) is 0 Å². The summed E-state index contributed by atoms with van der Waals surface area (Å²) in [5, 5.41) is 0. The molecule has 2 unspecified atom stereocenters. The maximum atomic E-state index is 12.8. The molecule has 1 aromatic heterocycles. The highest BCUT2D eigenvalue weighted by Gasteiger charge is 2.62. The van der Waals surface area contributed by atoms with Crippen molar-refractivity contribution in [3.63, 3.8) is 0 Å². The highest BCUT2D eigenvalue weighted by molar-refractivity contribution is 5.79. The molecular formula is C12H14FNO3. The summed E-state index contributed by atoms with van der Waals surface area (Å²) in [5.74, 6) is -0.797. The van der Waals surface area contributed by atoms with E-state index in [-0.39, 0.29) is 5.97 Å². The zero-order chi connectivity index (χ0) is 12.5. The lowest BCUT2D eigenvalue weighted by molar-refractivity contribution is -0.144. The Labute approximate surface area is 98.8 Å². The Hall–Kier alpha value is -1.49. The van der Waals surface area contributed by atoms with Crippen molar-refractivity contribution in [2.45, 2.75) is 32.0 Å². The summed E-state index contributed by atoms with van der Waals surface area (Å²) in [4.78, 5) is 15.5. The number of nitrogens with zero attached hydrogens (tertiary/aromatic N) is 1. The molecule has 0 spiro atoms. The van der Waals surface area contributed by atoms with Crippen LogP contribution in [0.1, 0.15) is 26.0 Å². The number of aromatic nitrogens is 1. The minimum absolute atomic E-state index is 0.315. The number of epoxide rings is 1. The Balaban J connectivity index is 2.18. The van der Waals surface area contributed by atoms with Gasteiger partial charge < -0.3 is 9.47 Å². The molecule has 2 atom stereocenters. The van der Waals surface area contributed by atoms with Crippen LogP contribution in [-0.2, 0) is 19.9 Å². The van der Waals surface area contributed by atoms with Crippen molar-refractivity contribution < 1.29 is 18.7 Å². The first kappa shape index (κ1) is 12.0. The van der Waals surface area contributed by atoms with Gasteiger partial charge in [0.25, 0.3) is 0 Å². The van der Waals surface area contributed by atoms with E-state index >= 15 is 0 Å². The minimum Gasteiger partial charge on any atom is -0.464 e. The van der Waals surface area contributed by atoms with Gasteiger partial charge in [-0.15, -0.1) is 0 Å². The van der Waals surface area contributed by atoms with Crippen LogP contribution in [0.4, 0.5) is 4.39 Å². The molecule has 0 aromatic carbocycles. The second kappa shape index (κ2) is 4.41. The Kier molecular flexibility index (Phi) is 3.11. The lowest BCUT2D eigenvalue weighted by Crippen LogP contribution is -2.21. The zero-order valence-electron chi connectivity index (χ0n) is 9.77. The van der Waals surface area contributed by atoms with Crippen LogP contribution in [0.2, 0.25) is 0 Å². The third-order valence-corrected chi connectivity index (χ3v) is 2.88. The first-order valence-corrected chi connectivity index (χ1v) is 5.60. The summed E-state index contributed by atoms with van der Waals surface area (Å²) < 4.78 is 23.1. The van der Waals surface area contributed by atoms with Gasteiger partial charge >= 0.3 is 5.97 Å². The zero-order valence-corrected chi connectivity index (χ0v) is 9.77. The first-order valence-electron chi connectivity index (χ1n) is 5.60. The molecular weight excluding hydrogens is 225 g/mol. The summed E-state index contributed by atoms with van der Waals surface area (Å²) >= 11 is 0. The van der Waals surface area contributed by atoms with E-state index in [1.165, 1.54) is 12.1 Å². The van der Waals surface area contributed by atoms with Crippen molar-refractivity contribution in [1.82, 2.24) is 4.98 Å². The van der Waals surface area contributed by atoms with Gasteiger partial charge in [-0.1, -0.05) is 6.92 Å². The van der Waals surface area contributed by atoms with Gasteiger partial charge in [-0.05, 0) is 25.5 Å². The Morgan fingerprint density at radius 3 is 2.88 bits per heavy atom. The molecule has 92 valence electrons. The average Bonchev–Trinajstić information content (AvgIpc) is 3.06. The Morgan fingerprint density at radius 2 is 2.35 bits per heavy atom.